The zero-order valence-electron chi connectivity index (χ0n) is 6.42. The van der Waals surface area contributed by atoms with Gasteiger partial charge in [0.2, 0.25) is 0 Å². The predicted octanol–water partition coefficient (Wildman–Crippen LogP) is -2.50. The molecule has 0 aromatic carbocycles. The van der Waals surface area contributed by atoms with Gasteiger partial charge in [0.15, 0.2) is 0 Å². The summed E-state index contributed by atoms with van der Waals surface area (Å²) >= 11 is 0. The van der Waals surface area contributed by atoms with Crippen LogP contribution in [0.3, 0.4) is 0 Å². The molecule has 1 aliphatic rings. The minimum absolute atomic E-state index is 0. The molecule has 1 aliphatic heterocycles. The predicted molar refractivity (Wildman–Crippen MR) is 32.3 cm³/mol. The fourth-order valence-corrected chi connectivity index (χ4v) is 0.891. The monoisotopic (exact) mass is 199 g/mol. The van der Waals surface area contributed by atoms with E-state index in [-0.39, 0.29) is 58.2 Å². The topological polar surface area (TPSA) is 12.5 Å². The van der Waals surface area contributed by atoms with Crippen LogP contribution >= 0.6 is 0 Å². The molecule has 1 rings (SSSR count). The molecular formula is C6H12NORb. The minimum Gasteiger partial charge on any atom is -0.548 e. The molecule has 1 atom stereocenters. The molecule has 48 valence electrons. The van der Waals surface area contributed by atoms with Crippen molar-refractivity contribution in [2.75, 3.05) is 20.1 Å². The summed E-state index contributed by atoms with van der Waals surface area (Å²) in [6, 6.07) is 0. The summed E-state index contributed by atoms with van der Waals surface area (Å²) in [6.45, 7) is 5.95. The summed E-state index contributed by atoms with van der Waals surface area (Å²) in [5.74, 6) is 0. The molecular weight excluding hydrogens is 188 g/mol. The Bertz CT molecular complexity index is 71.5. The Kier molecular flexibility index (Phi) is 6.42. The summed E-state index contributed by atoms with van der Waals surface area (Å²) in [7, 11) is 2.09. The van der Waals surface area contributed by atoms with Gasteiger partial charge in [-0.15, -0.1) is 6.54 Å². The Morgan fingerprint density at radius 2 is 2.33 bits per heavy atom. The molecule has 0 saturated carbocycles. The van der Waals surface area contributed by atoms with Gasteiger partial charge in [-0.2, -0.15) is 6.61 Å². The van der Waals surface area contributed by atoms with E-state index in [4.69, 9.17) is 4.74 Å². The SMILES string of the molecule is C[C@H]1CN(C)C[CH-]O1.[Rb+]. The molecule has 3 heteroatoms. The van der Waals surface area contributed by atoms with E-state index in [9.17, 15) is 0 Å². The Morgan fingerprint density at radius 1 is 1.67 bits per heavy atom. The fraction of sp³-hybridized carbons (Fsp3) is 0.833. The van der Waals surface area contributed by atoms with Crippen molar-refractivity contribution in [2.24, 2.45) is 0 Å². The van der Waals surface area contributed by atoms with Crippen molar-refractivity contribution in [1.29, 1.82) is 0 Å². The van der Waals surface area contributed by atoms with Gasteiger partial charge in [0, 0.05) is 12.6 Å². The van der Waals surface area contributed by atoms with Gasteiger partial charge < -0.3 is 9.64 Å². The maximum Gasteiger partial charge on any atom is 1.00 e. The van der Waals surface area contributed by atoms with Crippen molar-refractivity contribution in [3.63, 3.8) is 0 Å². The van der Waals surface area contributed by atoms with Gasteiger partial charge in [-0.25, -0.2) is 0 Å². The standard InChI is InChI=1S/C6H12NO.Rb/c1-6-5-7(2)3-4-8-6;/h4,6H,3,5H2,1-2H3;/q-1;+1/t6-;/m0./s1. The second-order valence-electron chi connectivity index (χ2n) is 2.33. The van der Waals surface area contributed by atoms with Crippen LogP contribution in [-0.4, -0.2) is 31.1 Å². The zero-order valence-corrected chi connectivity index (χ0v) is 11.3. The summed E-state index contributed by atoms with van der Waals surface area (Å²) in [6.07, 6.45) is 0.383. The van der Waals surface area contributed by atoms with Crippen LogP contribution in [0.25, 0.3) is 0 Å². The van der Waals surface area contributed by atoms with Crippen molar-refractivity contribution >= 4 is 0 Å². The summed E-state index contributed by atoms with van der Waals surface area (Å²) in [4.78, 5) is 2.23. The van der Waals surface area contributed by atoms with Crippen LogP contribution in [0.15, 0.2) is 0 Å². The molecule has 0 aromatic rings. The summed E-state index contributed by atoms with van der Waals surface area (Å²) in [5.41, 5.74) is 0. The quantitative estimate of drug-likeness (QED) is 0.400. The molecule has 0 aliphatic carbocycles. The largest absolute Gasteiger partial charge is 1.00 e. The molecule has 0 amide bonds. The Balaban J connectivity index is 0.000000640. The van der Waals surface area contributed by atoms with E-state index in [0.717, 1.165) is 13.1 Å². The third-order valence-electron chi connectivity index (χ3n) is 1.28. The van der Waals surface area contributed by atoms with E-state index in [1.54, 1.807) is 0 Å². The Morgan fingerprint density at radius 3 is 2.67 bits per heavy atom. The molecule has 1 saturated heterocycles. The first-order chi connectivity index (χ1) is 3.79. The van der Waals surface area contributed by atoms with Gasteiger partial charge in [0.25, 0.3) is 0 Å². The van der Waals surface area contributed by atoms with Gasteiger partial charge in [-0.1, -0.05) is 0 Å². The molecule has 1 heterocycles. The van der Waals surface area contributed by atoms with Crippen LogP contribution in [0.2, 0.25) is 0 Å². The average molecular weight is 200 g/mol. The van der Waals surface area contributed by atoms with E-state index in [0.29, 0.717) is 6.10 Å². The third-order valence-corrected chi connectivity index (χ3v) is 1.28. The second-order valence-corrected chi connectivity index (χ2v) is 2.33. The van der Waals surface area contributed by atoms with Crippen LogP contribution in [0.5, 0.6) is 0 Å². The number of likely N-dealkylation sites (N-methyl/N-ethyl adjacent to an activating group) is 1. The minimum atomic E-state index is 0. The normalized spacial score (nSPS) is 29.3. The van der Waals surface area contributed by atoms with Crippen molar-refractivity contribution < 1.29 is 62.9 Å². The van der Waals surface area contributed by atoms with Gasteiger partial charge in [-0.3, -0.25) is 0 Å². The van der Waals surface area contributed by atoms with E-state index < -0.39 is 0 Å². The number of nitrogens with zero attached hydrogens (tertiary/aromatic N) is 1. The molecule has 0 unspecified atom stereocenters. The molecule has 1 fully saturated rings. The van der Waals surface area contributed by atoms with E-state index in [1.807, 2.05) is 6.61 Å². The average Bonchev–Trinajstić information content (AvgIpc) is 1.64. The van der Waals surface area contributed by atoms with E-state index >= 15 is 0 Å². The first kappa shape index (κ1) is 10.7. The number of morpholine rings is 1. The van der Waals surface area contributed by atoms with Gasteiger partial charge in [0.1, 0.15) is 0 Å². The summed E-state index contributed by atoms with van der Waals surface area (Å²) < 4.78 is 5.18. The fourth-order valence-electron chi connectivity index (χ4n) is 0.891. The number of hydrogen-bond donors (Lipinski definition) is 0. The Hall–Kier alpha value is 1.73. The molecule has 0 bridgehead atoms. The molecule has 2 nitrogen and oxygen atoms in total. The molecule has 9 heavy (non-hydrogen) atoms. The molecule has 0 spiro atoms. The number of ether oxygens (including phenoxy) is 1. The van der Waals surface area contributed by atoms with Crippen LogP contribution in [0.4, 0.5) is 0 Å². The second kappa shape index (κ2) is 5.39. The molecule has 0 aromatic heterocycles. The number of rotatable bonds is 0. The first-order valence-corrected chi connectivity index (χ1v) is 2.94. The molecule has 0 N–H and O–H groups in total. The smallest absolute Gasteiger partial charge is 0.548 e. The van der Waals surface area contributed by atoms with Crippen molar-refractivity contribution in [3.05, 3.63) is 6.61 Å². The van der Waals surface area contributed by atoms with Crippen LogP contribution in [0, 0.1) is 6.61 Å². The third kappa shape index (κ3) is 4.22. The number of hydrogen-bond acceptors (Lipinski definition) is 2. The maximum absolute atomic E-state index is 5.18. The maximum atomic E-state index is 5.18. The van der Waals surface area contributed by atoms with Crippen molar-refractivity contribution in [2.45, 2.75) is 13.0 Å². The van der Waals surface area contributed by atoms with Gasteiger partial charge in [0.05, 0.1) is 0 Å². The van der Waals surface area contributed by atoms with E-state index in [1.165, 1.54) is 0 Å². The van der Waals surface area contributed by atoms with Crippen molar-refractivity contribution in [3.8, 4) is 0 Å². The van der Waals surface area contributed by atoms with Crippen LogP contribution in [-0.2, 0) is 4.74 Å². The van der Waals surface area contributed by atoms with Gasteiger partial charge >= 0.3 is 58.2 Å². The first-order valence-electron chi connectivity index (χ1n) is 2.94. The van der Waals surface area contributed by atoms with Gasteiger partial charge in [-0.05, 0) is 14.0 Å². The zero-order chi connectivity index (χ0) is 5.98. The van der Waals surface area contributed by atoms with E-state index in [2.05, 4.69) is 18.9 Å². The van der Waals surface area contributed by atoms with Crippen LogP contribution < -0.4 is 58.2 Å². The molecule has 0 radical (unpaired) electrons. The Labute approximate surface area is 106 Å². The van der Waals surface area contributed by atoms with Crippen molar-refractivity contribution in [1.82, 2.24) is 4.90 Å². The van der Waals surface area contributed by atoms with Crippen LogP contribution in [0.1, 0.15) is 6.92 Å². The summed E-state index contributed by atoms with van der Waals surface area (Å²) in [5, 5.41) is 0.